The van der Waals surface area contributed by atoms with E-state index in [0.717, 1.165) is 12.2 Å². The predicted molar refractivity (Wildman–Crippen MR) is 82.5 cm³/mol. The Balaban J connectivity index is 1.71. The summed E-state index contributed by atoms with van der Waals surface area (Å²) in [6.45, 7) is 2.95. The minimum absolute atomic E-state index is 0.382. The number of tetrazole rings is 1. The number of aromatic nitrogens is 4. The molecule has 5 heteroatoms. The van der Waals surface area contributed by atoms with Crippen LogP contribution in [0.25, 0.3) is 5.69 Å². The molecule has 1 atom stereocenters. The fraction of sp³-hybridized carbons (Fsp3) is 0.188. The molecule has 2 aromatic carbocycles. The summed E-state index contributed by atoms with van der Waals surface area (Å²) in [6, 6.07) is 20.3. The van der Waals surface area contributed by atoms with E-state index in [9.17, 15) is 0 Å². The van der Waals surface area contributed by atoms with E-state index < -0.39 is 0 Å². The summed E-state index contributed by atoms with van der Waals surface area (Å²) < 4.78 is 1.71. The molecular formula is C16H17N5. The number of anilines is 1. The highest BCUT2D eigenvalue weighted by Crippen LogP contribution is 2.16. The minimum Gasteiger partial charge on any atom is -0.352 e. The summed E-state index contributed by atoms with van der Waals surface area (Å²) in [5.41, 5.74) is 2.24. The molecule has 1 N–H and O–H groups in total. The second kappa shape index (κ2) is 6.17. The van der Waals surface area contributed by atoms with Crippen LogP contribution < -0.4 is 5.32 Å². The lowest BCUT2D eigenvalue weighted by Crippen LogP contribution is -2.13. The maximum Gasteiger partial charge on any atom is 0.247 e. The van der Waals surface area contributed by atoms with Crippen molar-refractivity contribution >= 4 is 5.95 Å². The van der Waals surface area contributed by atoms with Crippen molar-refractivity contribution in [2.24, 2.45) is 0 Å². The Morgan fingerprint density at radius 3 is 2.38 bits per heavy atom. The van der Waals surface area contributed by atoms with Gasteiger partial charge < -0.3 is 5.32 Å². The van der Waals surface area contributed by atoms with Crippen molar-refractivity contribution in [2.75, 3.05) is 11.9 Å². The van der Waals surface area contributed by atoms with E-state index in [-0.39, 0.29) is 0 Å². The first kappa shape index (κ1) is 13.3. The van der Waals surface area contributed by atoms with Crippen molar-refractivity contribution < 1.29 is 0 Å². The Labute approximate surface area is 123 Å². The third-order valence-electron chi connectivity index (χ3n) is 3.41. The number of para-hydroxylation sites is 1. The van der Waals surface area contributed by atoms with Crippen LogP contribution in [0.2, 0.25) is 0 Å². The fourth-order valence-corrected chi connectivity index (χ4v) is 2.18. The molecule has 0 radical (unpaired) electrons. The molecule has 21 heavy (non-hydrogen) atoms. The molecule has 3 rings (SSSR count). The lowest BCUT2D eigenvalue weighted by atomic mass is 10.0. The van der Waals surface area contributed by atoms with Gasteiger partial charge in [0.15, 0.2) is 0 Å². The van der Waals surface area contributed by atoms with Crippen molar-refractivity contribution in [3.8, 4) is 5.69 Å². The van der Waals surface area contributed by atoms with Crippen LogP contribution in [0.1, 0.15) is 18.4 Å². The molecule has 0 bridgehead atoms. The van der Waals surface area contributed by atoms with Gasteiger partial charge in [-0.3, -0.25) is 0 Å². The Morgan fingerprint density at radius 2 is 1.67 bits per heavy atom. The maximum atomic E-state index is 4.05. The lowest BCUT2D eigenvalue weighted by Gasteiger charge is -2.13. The largest absolute Gasteiger partial charge is 0.352 e. The van der Waals surface area contributed by atoms with Crippen molar-refractivity contribution in [1.29, 1.82) is 0 Å². The highest BCUT2D eigenvalue weighted by molar-refractivity contribution is 5.38. The zero-order valence-electron chi connectivity index (χ0n) is 11.8. The van der Waals surface area contributed by atoms with Gasteiger partial charge in [-0.05, 0) is 34.0 Å². The first-order valence-electron chi connectivity index (χ1n) is 6.97. The fourth-order valence-electron chi connectivity index (χ4n) is 2.18. The molecule has 0 aliphatic heterocycles. The van der Waals surface area contributed by atoms with Gasteiger partial charge >= 0.3 is 0 Å². The Morgan fingerprint density at radius 1 is 1.00 bits per heavy atom. The molecule has 0 aliphatic carbocycles. The van der Waals surface area contributed by atoms with Crippen molar-refractivity contribution in [1.82, 2.24) is 20.2 Å². The third kappa shape index (κ3) is 3.08. The Hall–Kier alpha value is -2.69. The number of nitrogens with one attached hydrogen (secondary N) is 1. The van der Waals surface area contributed by atoms with Crippen molar-refractivity contribution in [2.45, 2.75) is 12.8 Å². The Bertz CT molecular complexity index is 678. The van der Waals surface area contributed by atoms with Crippen LogP contribution >= 0.6 is 0 Å². The van der Waals surface area contributed by atoms with Gasteiger partial charge in [-0.2, -0.15) is 4.68 Å². The van der Waals surface area contributed by atoms with E-state index >= 15 is 0 Å². The van der Waals surface area contributed by atoms with E-state index in [1.807, 2.05) is 36.4 Å². The first-order valence-corrected chi connectivity index (χ1v) is 6.97. The predicted octanol–water partition coefficient (Wildman–Crippen LogP) is 2.88. The average Bonchev–Trinajstić information content (AvgIpc) is 3.03. The van der Waals surface area contributed by atoms with Gasteiger partial charge in [-0.25, -0.2) is 0 Å². The highest BCUT2D eigenvalue weighted by Gasteiger charge is 2.10. The second-order valence-electron chi connectivity index (χ2n) is 4.94. The van der Waals surface area contributed by atoms with Crippen LogP contribution in [-0.2, 0) is 0 Å². The van der Waals surface area contributed by atoms with Crippen LogP contribution in [-0.4, -0.2) is 26.8 Å². The van der Waals surface area contributed by atoms with Gasteiger partial charge in [0.2, 0.25) is 5.95 Å². The first-order chi connectivity index (χ1) is 10.3. The molecule has 0 amide bonds. The van der Waals surface area contributed by atoms with Crippen LogP contribution in [0.15, 0.2) is 60.7 Å². The molecule has 0 spiro atoms. The normalized spacial score (nSPS) is 12.0. The number of benzene rings is 2. The molecule has 1 heterocycles. The van der Waals surface area contributed by atoms with Crippen LogP contribution in [0.5, 0.6) is 0 Å². The average molecular weight is 279 g/mol. The molecule has 0 unspecified atom stereocenters. The van der Waals surface area contributed by atoms with Crippen LogP contribution in [0.4, 0.5) is 5.95 Å². The zero-order valence-corrected chi connectivity index (χ0v) is 11.8. The van der Waals surface area contributed by atoms with E-state index in [1.165, 1.54) is 5.56 Å². The quantitative estimate of drug-likeness (QED) is 0.780. The summed E-state index contributed by atoms with van der Waals surface area (Å²) in [5, 5.41) is 15.1. The molecule has 106 valence electrons. The maximum absolute atomic E-state index is 4.05. The van der Waals surface area contributed by atoms with Crippen molar-refractivity contribution in [3.63, 3.8) is 0 Å². The molecule has 1 aromatic heterocycles. The van der Waals surface area contributed by atoms with Gasteiger partial charge in [0.05, 0.1) is 5.69 Å². The van der Waals surface area contributed by atoms with E-state index in [4.69, 9.17) is 0 Å². The van der Waals surface area contributed by atoms with Gasteiger partial charge in [-0.15, -0.1) is 0 Å². The Kier molecular flexibility index (Phi) is 3.91. The molecule has 0 saturated carbocycles. The standard InChI is InChI=1S/C16H17N5/c1-13(14-8-4-2-5-9-14)12-17-16-18-19-20-21(16)15-10-6-3-7-11-15/h2-11,13H,12H2,1H3,(H,17,18,20)/t13-/m1/s1. The summed E-state index contributed by atoms with van der Waals surface area (Å²) in [7, 11) is 0. The van der Waals surface area contributed by atoms with E-state index in [1.54, 1.807) is 4.68 Å². The molecular weight excluding hydrogens is 262 g/mol. The zero-order chi connectivity index (χ0) is 14.5. The second-order valence-corrected chi connectivity index (χ2v) is 4.94. The smallest absolute Gasteiger partial charge is 0.247 e. The minimum atomic E-state index is 0.382. The molecule has 0 fully saturated rings. The third-order valence-corrected chi connectivity index (χ3v) is 3.41. The van der Waals surface area contributed by atoms with E-state index in [0.29, 0.717) is 11.9 Å². The topological polar surface area (TPSA) is 55.6 Å². The number of nitrogens with zero attached hydrogens (tertiary/aromatic N) is 4. The van der Waals surface area contributed by atoms with Crippen LogP contribution in [0.3, 0.4) is 0 Å². The van der Waals surface area contributed by atoms with Crippen LogP contribution in [0, 0.1) is 0 Å². The molecule has 3 aromatic rings. The highest BCUT2D eigenvalue weighted by atomic mass is 15.6. The summed E-state index contributed by atoms with van der Waals surface area (Å²) >= 11 is 0. The SMILES string of the molecule is C[C@H](CNc1nnnn1-c1ccccc1)c1ccccc1. The molecule has 0 aliphatic rings. The number of rotatable bonds is 5. The lowest BCUT2D eigenvalue weighted by molar-refractivity contribution is 0.772. The molecule has 0 saturated heterocycles. The monoisotopic (exact) mass is 279 g/mol. The summed E-state index contributed by atoms with van der Waals surface area (Å²) in [4.78, 5) is 0. The molecule has 5 nitrogen and oxygen atoms in total. The summed E-state index contributed by atoms with van der Waals surface area (Å²) in [6.07, 6.45) is 0. The number of hydrogen-bond acceptors (Lipinski definition) is 4. The van der Waals surface area contributed by atoms with Crippen molar-refractivity contribution in [3.05, 3.63) is 66.2 Å². The van der Waals surface area contributed by atoms with Gasteiger partial charge in [0.25, 0.3) is 0 Å². The number of hydrogen-bond donors (Lipinski definition) is 1. The summed E-state index contributed by atoms with van der Waals surface area (Å²) in [5.74, 6) is 1.04. The van der Waals surface area contributed by atoms with E-state index in [2.05, 4.69) is 52.0 Å². The van der Waals surface area contributed by atoms with Gasteiger partial charge in [0, 0.05) is 6.54 Å². The van der Waals surface area contributed by atoms with Gasteiger partial charge in [-0.1, -0.05) is 60.6 Å². The van der Waals surface area contributed by atoms with Gasteiger partial charge in [0.1, 0.15) is 0 Å².